The minimum absolute atomic E-state index is 0.0112. The van der Waals surface area contributed by atoms with Crippen molar-refractivity contribution in [1.82, 2.24) is 0 Å². The van der Waals surface area contributed by atoms with Crippen LogP contribution >= 0.6 is 0 Å². The number of hydrogen-bond acceptors (Lipinski definition) is 1. The second-order valence-electron chi connectivity index (χ2n) is 5.50. The molecular weight excluding hydrogens is 160 g/mol. The number of allylic oxidation sites excluding steroid dienone is 1. The van der Waals surface area contributed by atoms with Crippen LogP contribution in [0, 0.1) is 17.8 Å². The third-order valence-electron chi connectivity index (χ3n) is 3.26. The van der Waals surface area contributed by atoms with Gasteiger partial charge < -0.3 is 4.74 Å². The van der Waals surface area contributed by atoms with Gasteiger partial charge in [-0.15, -0.1) is 0 Å². The quantitative estimate of drug-likeness (QED) is 0.564. The first-order valence-corrected chi connectivity index (χ1v) is 5.33. The zero-order chi connectivity index (χ0) is 9.64. The van der Waals surface area contributed by atoms with Gasteiger partial charge in [-0.3, -0.25) is 0 Å². The van der Waals surface area contributed by atoms with Gasteiger partial charge in [0.1, 0.15) is 0 Å². The van der Waals surface area contributed by atoms with E-state index in [4.69, 9.17) is 4.74 Å². The fourth-order valence-corrected chi connectivity index (χ4v) is 2.63. The van der Waals surface area contributed by atoms with E-state index in [1.165, 1.54) is 6.42 Å². The van der Waals surface area contributed by atoms with Gasteiger partial charge in [-0.1, -0.05) is 19.1 Å². The van der Waals surface area contributed by atoms with Gasteiger partial charge in [0.25, 0.3) is 0 Å². The molecule has 2 aliphatic rings. The number of fused-ring (bicyclic) bond motifs is 2. The van der Waals surface area contributed by atoms with Crippen LogP contribution < -0.4 is 0 Å². The predicted molar refractivity (Wildman–Crippen MR) is 54.5 cm³/mol. The van der Waals surface area contributed by atoms with Crippen molar-refractivity contribution in [3.63, 3.8) is 0 Å². The zero-order valence-electron chi connectivity index (χ0n) is 9.08. The van der Waals surface area contributed by atoms with Crippen LogP contribution in [0.2, 0.25) is 0 Å². The molecule has 0 radical (unpaired) electrons. The summed E-state index contributed by atoms with van der Waals surface area (Å²) in [7, 11) is 0. The van der Waals surface area contributed by atoms with Crippen molar-refractivity contribution < 1.29 is 4.74 Å². The van der Waals surface area contributed by atoms with Crippen LogP contribution in [0.1, 0.15) is 34.1 Å². The minimum Gasteiger partial charge on any atom is -0.372 e. The Morgan fingerprint density at radius 3 is 2.23 bits per heavy atom. The van der Waals surface area contributed by atoms with Crippen LogP contribution in [0.4, 0.5) is 0 Å². The van der Waals surface area contributed by atoms with Gasteiger partial charge in [-0.05, 0) is 39.0 Å². The molecule has 0 spiro atoms. The molecule has 2 bridgehead atoms. The van der Waals surface area contributed by atoms with Crippen LogP contribution in [0.15, 0.2) is 12.2 Å². The van der Waals surface area contributed by atoms with Crippen molar-refractivity contribution in [3.05, 3.63) is 12.2 Å². The topological polar surface area (TPSA) is 9.23 Å². The maximum Gasteiger partial charge on any atom is 0.0676 e. The smallest absolute Gasteiger partial charge is 0.0676 e. The molecule has 0 aromatic carbocycles. The summed E-state index contributed by atoms with van der Waals surface area (Å²) in [5.41, 5.74) is 0.0112. The van der Waals surface area contributed by atoms with Crippen LogP contribution in [0.5, 0.6) is 0 Å². The first-order valence-electron chi connectivity index (χ1n) is 5.33. The fraction of sp³-hybridized carbons (Fsp3) is 0.833. The summed E-state index contributed by atoms with van der Waals surface area (Å²) in [6.45, 7) is 8.77. The van der Waals surface area contributed by atoms with Gasteiger partial charge in [-0.2, -0.15) is 0 Å². The largest absolute Gasteiger partial charge is 0.372 e. The van der Waals surface area contributed by atoms with E-state index >= 15 is 0 Å². The van der Waals surface area contributed by atoms with E-state index in [-0.39, 0.29) is 5.60 Å². The van der Waals surface area contributed by atoms with Crippen molar-refractivity contribution in [2.75, 3.05) is 0 Å². The van der Waals surface area contributed by atoms with Gasteiger partial charge >= 0.3 is 0 Å². The van der Waals surface area contributed by atoms with Gasteiger partial charge in [0.05, 0.1) is 11.7 Å². The maximum absolute atomic E-state index is 6.09. The van der Waals surface area contributed by atoms with E-state index in [1.54, 1.807) is 0 Å². The Morgan fingerprint density at radius 1 is 1.15 bits per heavy atom. The third kappa shape index (κ3) is 1.67. The van der Waals surface area contributed by atoms with Crippen molar-refractivity contribution in [2.45, 2.75) is 45.8 Å². The molecule has 0 amide bonds. The Balaban J connectivity index is 2.05. The molecule has 13 heavy (non-hydrogen) atoms. The predicted octanol–water partition coefficient (Wildman–Crippen LogP) is 3.01. The molecular formula is C12H20O. The van der Waals surface area contributed by atoms with Crippen LogP contribution in [0.25, 0.3) is 0 Å². The SMILES string of the molecule is CC1C2C=CC(C2)C1OC(C)(C)C. The molecule has 2 rings (SSSR count). The van der Waals surface area contributed by atoms with Crippen LogP contribution in [-0.4, -0.2) is 11.7 Å². The molecule has 4 atom stereocenters. The van der Waals surface area contributed by atoms with Gasteiger partial charge in [-0.25, -0.2) is 0 Å². The summed E-state index contributed by atoms with van der Waals surface area (Å²) >= 11 is 0. The Hall–Kier alpha value is -0.300. The average Bonchev–Trinajstić information content (AvgIpc) is 2.51. The second-order valence-corrected chi connectivity index (χ2v) is 5.50. The number of hydrogen-bond donors (Lipinski definition) is 0. The van der Waals surface area contributed by atoms with Gasteiger partial charge in [0, 0.05) is 5.92 Å². The van der Waals surface area contributed by atoms with Crippen molar-refractivity contribution in [1.29, 1.82) is 0 Å². The molecule has 0 aromatic rings. The summed E-state index contributed by atoms with van der Waals surface area (Å²) in [5.74, 6) is 2.20. The molecule has 0 saturated heterocycles. The van der Waals surface area contributed by atoms with E-state index in [1.807, 2.05) is 0 Å². The van der Waals surface area contributed by atoms with Crippen LogP contribution in [0.3, 0.4) is 0 Å². The average molecular weight is 180 g/mol. The van der Waals surface area contributed by atoms with E-state index in [9.17, 15) is 0 Å². The summed E-state index contributed by atoms with van der Waals surface area (Å²) in [4.78, 5) is 0. The highest BCUT2D eigenvalue weighted by molar-refractivity contribution is 5.13. The molecule has 0 aliphatic heterocycles. The standard InChI is InChI=1S/C12H20O/c1-8-9-5-6-10(7-9)11(8)13-12(2,3)4/h5-6,8-11H,7H2,1-4H3. The van der Waals surface area contributed by atoms with E-state index in [0.717, 1.165) is 5.92 Å². The molecule has 0 aromatic heterocycles. The monoisotopic (exact) mass is 180 g/mol. The Bertz CT molecular complexity index is 224. The summed E-state index contributed by atoms with van der Waals surface area (Å²) in [6, 6.07) is 0. The molecule has 1 heteroatoms. The third-order valence-corrected chi connectivity index (χ3v) is 3.26. The first-order chi connectivity index (χ1) is 5.97. The summed E-state index contributed by atoms with van der Waals surface area (Å²) in [5, 5.41) is 0. The van der Waals surface area contributed by atoms with Gasteiger partial charge in [0.2, 0.25) is 0 Å². The van der Waals surface area contributed by atoms with Crippen molar-refractivity contribution in [2.24, 2.45) is 17.8 Å². The normalized spacial score (nSPS) is 43.1. The molecule has 0 N–H and O–H groups in total. The van der Waals surface area contributed by atoms with Crippen LogP contribution in [-0.2, 0) is 4.74 Å². The number of ether oxygens (including phenoxy) is 1. The second kappa shape index (κ2) is 2.84. The Labute approximate surface area is 81.2 Å². The highest BCUT2D eigenvalue weighted by Crippen LogP contribution is 2.46. The minimum atomic E-state index is 0.0112. The van der Waals surface area contributed by atoms with Crippen molar-refractivity contribution >= 4 is 0 Å². The van der Waals surface area contributed by atoms with E-state index in [0.29, 0.717) is 17.9 Å². The molecule has 74 valence electrons. The molecule has 1 saturated carbocycles. The lowest BCUT2D eigenvalue weighted by molar-refractivity contribution is -0.0877. The fourth-order valence-electron chi connectivity index (χ4n) is 2.63. The lowest BCUT2D eigenvalue weighted by Crippen LogP contribution is -2.34. The van der Waals surface area contributed by atoms with Gasteiger partial charge in [0.15, 0.2) is 0 Å². The van der Waals surface area contributed by atoms with Crippen molar-refractivity contribution in [3.8, 4) is 0 Å². The maximum atomic E-state index is 6.09. The highest BCUT2D eigenvalue weighted by Gasteiger charge is 2.43. The molecule has 0 heterocycles. The summed E-state index contributed by atoms with van der Waals surface area (Å²) < 4.78 is 6.09. The van der Waals surface area contributed by atoms with E-state index < -0.39 is 0 Å². The molecule has 1 nitrogen and oxygen atoms in total. The first kappa shape index (κ1) is 9.26. The Morgan fingerprint density at radius 2 is 1.77 bits per heavy atom. The molecule has 4 unspecified atom stereocenters. The molecule has 2 aliphatic carbocycles. The lowest BCUT2D eigenvalue weighted by atomic mass is 9.92. The molecule has 1 fully saturated rings. The lowest BCUT2D eigenvalue weighted by Gasteiger charge is -2.32. The summed E-state index contributed by atoms with van der Waals surface area (Å²) in [6.07, 6.45) is 6.51. The van der Waals surface area contributed by atoms with E-state index in [2.05, 4.69) is 39.8 Å². The number of rotatable bonds is 1. The Kier molecular flexibility index (Phi) is 2.03. The highest BCUT2D eigenvalue weighted by atomic mass is 16.5. The zero-order valence-corrected chi connectivity index (χ0v) is 9.08.